The van der Waals surface area contributed by atoms with Crippen LogP contribution in [0.5, 0.6) is 0 Å². The molecule has 0 fully saturated rings. The maximum atomic E-state index is 11.1. The van der Waals surface area contributed by atoms with Crippen molar-refractivity contribution in [2.24, 2.45) is 0 Å². The Kier molecular flexibility index (Phi) is 5.64. The normalized spacial score (nSPS) is 8.75. The molecule has 2 nitrogen and oxygen atoms in total. The van der Waals surface area contributed by atoms with E-state index in [-0.39, 0.29) is 35.9 Å². The molecule has 1 rings (SSSR count). The van der Waals surface area contributed by atoms with Gasteiger partial charge in [0, 0.05) is 29.1 Å². The van der Waals surface area contributed by atoms with E-state index in [0.29, 0.717) is 5.56 Å². The number of carbonyl (C=O) groups excluding carboxylic acids is 1. The molecule has 1 aromatic carbocycles. The Morgan fingerprint density at radius 1 is 1.25 bits per heavy atom. The minimum atomic E-state index is -0.0757. The fourth-order valence-electron chi connectivity index (χ4n) is 0.870. The van der Waals surface area contributed by atoms with Crippen LogP contribution in [-0.4, -0.2) is 17.5 Å². The second kappa shape index (κ2) is 5.95. The molecule has 12 heavy (non-hydrogen) atoms. The van der Waals surface area contributed by atoms with Crippen LogP contribution in [0.3, 0.4) is 0 Å². The van der Waals surface area contributed by atoms with Gasteiger partial charge >= 0.3 is 0 Å². The Labute approximate surface area is 82.1 Å². The maximum Gasteiger partial charge on any atom is 0.165 e. The van der Waals surface area contributed by atoms with Crippen LogP contribution < -0.4 is 0 Å². The molecule has 0 aliphatic rings. The Morgan fingerprint density at radius 3 is 2.33 bits per heavy atom. The summed E-state index contributed by atoms with van der Waals surface area (Å²) in [6.45, 7) is -0.0757. The maximum absolute atomic E-state index is 11.1. The van der Waals surface area contributed by atoms with Crippen LogP contribution in [0.15, 0.2) is 30.3 Å². The van der Waals surface area contributed by atoms with Crippen LogP contribution in [0.4, 0.5) is 0 Å². The number of hydrogen-bond acceptors (Lipinski definition) is 2. The first-order chi connectivity index (χ1) is 5.34. The van der Waals surface area contributed by atoms with Gasteiger partial charge in [0.1, 0.15) is 0 Å². The Balaban J connectivity index is 0.00000121. The molecular formula is C9H10FeO2. The van der Waals surface area contributed by atoms with Gasteiger partial charge in [0.05, 0.1) is 6.61 Å². The van der Waals surface area contributed by atoms with Crippen molar-refractivity contribution >= 4 is 5.78 Å². The second-order valence-electron chi connectivity index (χ2n) is 2.26. The molecule has 0 saturated heterocycles. The molecular weight excluding hydrogens is 196 g/mol. The average Bonchev–Trinajstić information content (AvgIpc) is 2.07. The summed E-state index contributed by atoms with van der Waals surface area (Å²) in [4.78, 5) is 11.1. The van der Waals surface area contributed by atoms with E-state index in [1.54, 1.807) is 12.1 Å². The first-order valence-corrected chi connectivity index (χ1v) is 3.53. The van der Waals surface area contributed by atoms with Gasteiger partial charge in [-0.15, -0.1) is 0 Å². The molecule has 0 spiro atoms. The Morgan fingerprint density at radius 2 is 1.83 bits per heavy atom. The average molecular weight is 206 g/mol. The van der Waals surface area contributed by atoms with E-state index in [1.807, 2.05) is 18.2 Å². The van der Waals surface area contributed by atoms with Crippen molar-refractivity contribution in [2.75, 3.05) is 6.61 Å². The number of Topliss-reactive ketones (excluding diaryl/α,β-unsaturated/α-hetero) is 1. The molecule has 0 aliphatic heterocycles. The Hall–Kier alpha value is -0.631. The molecule has 0 atom stereocenters. The van der Waals surface area contributed by atoms with Gasteiger partial charge in [-0.2, -0.15) is 0 Å². The third-order valence-corrected chi connectivity index (χ3v) is 1.43. The number of ketones is 1. The number of aliphatic hydroxyl groups is 1. The van der Waals surface area contributed by atoms with Gasteiger partial charge in [0.15, 0.2) is 5.78 Å². The minimum Gasteiger partial charge on any atom is -0.396 e. The third-order valence-electron chi connectivity index (χ3n) is 1.43. The zero-order chi connectivity index (χ0) is 8.10. The van der Waals surface area contributed by atoms with Crippen LogP contribution in [0.2, 0.25) is 0 Å². The zero-order valence-electron chi connectivity index (χ0n) is 6.51. The number of aliphatic hydroxyl groups excluding tert-OH is 1. The quantitative estimate of drug-likeness (QED) is 0.596. The first kappa shape index (κ1) is 11.4. The molecule has 0 aliphatic carbocycles. The van der Waals surface area contributed by atoms with E-state index < -0.39 is 0 Å². The van der Waals surface area contributed by atoms with Crippen molar-refractivity contribution < 1.29 is 27.0 Å². The van der Waals surface area contributed by atoms with Crippen molar-refractivity contribution in [1.29, 1.82) is 0 Å². The molecule has 0 saturated carbocycles. The zero-order valence-corrected chi connectivity index (χ0v) is 7.61. The smallest absolute Gasteiger partial charge is 0.165 e. The summed E-state index contributed by atoms with van der Waals surface area (Å²) in [5.74, 6) is -0.00639. The van der Waals surface area contributed by atoms with Gasteiger partial charge in [-0.05, 0) is 0 Å². The van der Waals surface area contributed by atoms with Gasteiger partial charge in [-0.25, -0.2) is 0 Å². The molecule has 0 unspecified atom stereocenters. The van der Waals surface area contributed by atoms with E-state index in [9.17, 15) is 4.79 Å². The van der Waals surface area contributed by atoms with E-state index in [0.717, 1.165) is 0 Å². The molecule has 0 radical (unpaired) electrons. The van der Waals surface area contributed by atoms with Gasteiger partial charge in [-0.3, -0.25) is 4.79 Å². The summed E-state index contributed by atoms with van der Waals surface area (Å²) in [6.07, 6.45) is 0.212. The molecule has 0 heterocycles. The van der Waals surface area contributed by atoms with E-state index in [1.165, 1.54) is 0 Å². The summed E-state index contributed by atoms with van der Waals surface area (Å²) in [5, 5.41) is 8.48. The largest absolute Gasteiger partial charge is 0.396 e. The predicted molar refractivity (Wildman–Crippen MR) is 42.5 cm³/mol. The van der Waals surface area contributed by atoms with Crippen LogP contribution in [0.1, 0.15) is 16.8 Å². The summed E-state index contributed by atoms with van der Waals surface area (Å²) in [5.41, 5.74) is 0.668. The Bertz CT molecular complexity index is 234. The molecule has 0 amide bonds. The number of rotatable bonds is 3. The standard InChI is InChI=1S/C9H10O2.Fe/c10-7-6-9(11)8-4-2-1-3-5-8;/h1-5,10H,6-7H2;. The molecule has 3 heteroatoms. The van der Waals surface area contributed by atoms with Gasteiger partial charge in [0.25, 0.3) is 0 Å². The van der Waals surface area contributed by atoms with E-state index in [2.05, 4.69) is 0 Å². The van der Waals surface area contributed by atoms with Crippen LogP contribution in [0.25, 0.3) is 0 Å². The fraction of sp³-hybridized carbons (Fsp3) is 0.222. The molecule has 0 bridgehead atoms. The molecule has 66 valence electrons. The van der Waals surface area contributed by atoms with Gasteiger partial charge in [0.2, 0.25) is 0 Å². The van der Waals surface area contributed by atoms with Crippen molar-refractivity contribution in [3.05, 3.63) is 35.9 Å². The monoisotopic (exact) mass is 206 g/mol. The molecule has 0 aromatic heterocycles. The van der Waals surface area contributed by atoms with Crippen LogP contribution >= 0.6 is 0 Å². The summed E-state index contributed by atoms with van der Waals surface area (Å²) in [6, 6.07) is 8.97. The topological polar surface area (TPSA) is 37.3 Å². The van der Waals surface area contributed by atoms with Crippen molar-refractivity contribution in [3.63, 3.8) is 0 Å². The third kappa shape index (κ3) is 3.18. The SMILES string of the molecule is O=C(CCO)c1ccccc1.[Fe]. The van der Waals surface area contributed by atoms with Crippen molar-refractivity contribution in [3.8, 4) is 0 Å². The number of carbonyl (C=O) groups is 1. The first-order valence-electron chi connectivity index (χ1n) is 3.53. The van der Waals surface area contributed by atoms with Gasteiger partial charge in [-0.1, -0.05) is 30.3 Å². The van der Waals surface area contributed by atoms with Gasteiger partial charge < -0.3 is 5.11 Å². The van der Waals surface area contributed by atoms with E-state index in [4.69, 9.17) is 5.11 Å². The van der Waals surface area contributed by atoms with Crippen molar-refractivity contribution in [2.45, 2.75) is 6.42 Å². The summed E-state index contributed by atoms with van der Waals surface area (Å²) in [7, 11) is 0. The fourth-order valence-corrected chi connectivity index (χ4v) is 0.870. The number of hydrogen-bond donors (Lipinski definition) is 1. The minimum absolute atomic E-state index is 0. The van der Waals surface area contributed by atoms with Crippen LogP contribution in [0, 0.1) is 0 Å². The van der Waals surface area contributed by atoms with Crippen LogP contribution in [-0.2, 0) is 17.1 Å². The van der Waals surface area contributed by atoms with E-state index >= 15 is 0 Å². The molecule has 1 aromatic rings. The molecule has 1 N–H and O–H groups in total. The second-order valence-corrected chi connectivity index (χ2v) is 2.26. The summed E-state index contributed by atoms with van der Waals surface area (Å²) >= 11 is 0. The van der Waals surface area contributed by atoms with Crippen molar-refractivity contribution in [1.82, 2.24) is 0 Å². The summed E-state index contributed by atoms with van der Waals surface area (Å²) < 4.78 is 0. The predicted octanol–water partition coefficient (Wildman–Crippen LogP) is 1.25. The number of benzene rings is 1.